The summed E-state index contributed by atoms with van der Waals surface area (Å²) in [6.07, 6.45) is 1.90. The smallest absolute Gasteiger partial charge is 0.270 e. The van der Waals surface area contributed by atoms with Crippen LogP contribution in [0.1, 0.15) is 35.8 Å². The fourth-order valence-corrected chi connectivity index (χ4v) is 4.66. The maximum Gasteiger partial charge on any atom is 0.270 e. The molecule has 0 atom stereocenters. The van der Waals surface area contributed by atoms with E-state index in [0.717, 1.165) is 53.6 Å². The van der Waals surface area contributed by atoms with Gasteiger partial charge in [0.25, 0.3) is 5.56 Å². The molecule has 0 N–H and O–H groups in total. The van der Waals surface area contributed by atoms with Gasteiger partial charge >= 0.3 is 0 Å². The quantitative estimate of drug-likeness (QED) is 0.505. The largest absolute Gasteiger partial charge is 0.441 e. The molecule has 0 unspecified atom stereocenters. The highest BCUT2D eigenvalue weighted by atomic mass is 16.3. The molecule has 0 amide bonds. The minimum absolute atomic E-state index is 0.230. The fraction of sp³-hybridized carbons (Fsp3) is 0.292. The molecule has 2 aromatic carbocycles. The molecule has 6 nitrogen and oxygen atoms in total. The number of benzene rings is 2. The van der Waals surface area contributed by atoms with Gasteiger partial charge in [0.1, 0.15) is 17.1 Å². The van der Waals surface area contributed by atoms with E-state index in [9.17, 15) is 10.1 Å². The van der Waals surface area contributed by atoms with Crippen molar-refractivity contribution in [3.05, 3.63) is 69.8 Å². The molecular formula is C24H22N4O2. The second-order valence-electron chi connectivity index (χ2n) is 7.94. The molecule has 2 aromatic heterocycles. The first kappa shape index (κ1) is 18.4. The minimum Gasteiger partial charge on any atom is -0.441 e. The first-order chi connectivity index (χ1) is 14.6. The maximum atomic E-state index is 12.8. The topological polar surface area (TPSA) is 75.1 Å². The summed E-state index contributed by atoms with van der Waals surface area (Å²) in [6, 6.07) is 16.2. The number of pyridine rings is 1. The second-order valence-corrected chi connectivity index (χ2v) is 7.94. The Hall–Kier alpha value is -3.59. The van der Waals surface area contributed by atoms with Crippen molar-refractivity contribution in [2.75, 3.05) is 18.0 Å². The molecule has 0 aliphatic carbocycles. The number of aryl methyl sites for hydroxylation is 2. The van der Waals surface area contributed by atoms with Gasteiger partial charge in [-0.25, -0.2) is 4.98 Å². The molecular weight excluding hydrogens is 376 g/mol. The first-order valence-corrected chi connectivity index (χ1v) is 10.2. The van der Waals surface area contributed by atoms with Gasteiger partial charge in [-0.15, -0.1) is 0 Å². The number of hydrogen-bond acceptors (Lipinski definition) is 5. The van der Waals surface area contributed by atoms with Crippen LogP contribution in [0.4, 0.5) is 5.69 Å². The molecule has 0 bridgehead atoms. The number of para-hydroxylation sites is 1. The van der Waals surface area contributed by atoms with Crippen molar-refractivity contribution in [1.29, 1.82) is 5.26 Å². The zero-order chi connectivity index (χ0) is 20.8. The molecule has 6 heteroatoms. The fourth-order valence-electron chi connectivity index (χ4n) is 4.66. The Morgan fingerprint density at radius 1 is 1.17 bits per heavy atom. The molecule has 0 spiro atoms. The summed E-state index contributed by atoms with van der Waals surface area (Å²) in [6.45, 7) is 3.45. The Labute approximate surface area is 174 Å². The van der Waals surface area contributed by atoms with Gasteiger partial charge in [0.05, 0.1) is 11.2 Å². The van der Waals surface area contributed by atoms with Crippen LogP contribution in [0, 0.1) is 18.3 Å². The molecule has 5 rings (SSSR count). The van der Waals surface area contributed by atoms with E-state index in [-0.39, 0.29) is 11.1 Å². The molecule has 1 aliphatic heterocycles. The lowest BCUT2D eigenvalue weighted by Crippen LogP contribution is -2.35. The van der Waals surface area contributed by atoms with Gasteiger partial charge in [0.15, 0.2) is 11.5 Å². The van der Waals surface area contributed by atoms with Crippen molar-refractivity contribution < 1.29 is 4.42 Å². The van der Waals surface area contributed by atoms with Crippen molar-refractivity contribution in [3.63, 3.8) is 0 Å². The number of fused-ring (bicyclic) bond motifs is 2. The Kier molecular flexibility index (Phi) is 4.32. The summed E-state index contributed by atoms with van der Waals surface area (Å²) >= 11 is 0. The molecule has 150 valence electrons. The van der Waals surface area contributed by atoms with Crippen LogP contribution in [-0.4, -0.2) is 22.6 Å². The van der Waals surface area contributed by atoms with Crippen LogP contribution in [0.3, 0.4) is 0 Å². The SMILES string of the molecule is Cc1nc2ccc(C3CCN(c4c(C#N)c(=O)n(C)c5ccccc45)CC3)cc2o1. The van der Waals surface area contributed by atoms with E-state index >= 15 is 0 Å². The number of piperidine rings is 1. The van der Waals surface area contributed by atoms with E-state index in [1.807, 2.05) is 37.3 Å². The molecule has 4 aromatic rings. The van der Waals surface area contributed by atoms with Gasteiger partial charge in [-0.2, -0.15) is 5.26 Å². The number of oxazole rings is 1. The van der Waals surface area contributed by atoms with E-state index in [2.05, 4.69) is 28.1 Å². The zero-order valence-corrected chi connectivity index (χ0v) is 17.1. The average molecular weight is 398 g/mol. The highest BCUT2D eigenvalue weighted by Gasteiger charge is 2.26. The second kappa shape index (κ2) is 7.03. The van der Waals surface area contributed by atoms with Gasteiger partial charge in [-0.1, -0.05) is 24.3 Å². The third-order valence-corrected chi connectivity index (χ3v) is 6.19. The van der Waals surface area contributed by atoms with Gasteiger partial charge < -0.3 is 13.9 Å². The summed E-state index contributed by atoms with van der Waals surface area (Å²) in [5.74, 6) is 1.10. The molecule has 0 saturated carbocycles. The van der Waals surface area contributed by atoms with E-state index in [1.54, 1.807) is 11.6 Å². The van der Waals surface area contributed by atoms with Gasteiger partial charge in [-0.3, -0.25) is 4.79 Å². The molecule has 30 heavy (non-hydrogen) atoms. The van der Waals surface area contributed by atoms with Crippen molar-refractivity contribution in [3.8, 4) is 6.07 Å². The van der Waals surface area contributed by atoms with Crippen LogP contribution in [0.25, 0.3) is 22.0 Å². The standard InChI is InChI=1S/C24H22N4O2/c1-15-26-20-8-7-17(13-22(20)30-15)16-9-11-28(12-10-16)23-18-5-3-4-6-21(18)27(2)24(29)19(23)14-25/h3-8,13,16H,9-12H2,1-2H3. The van der Waals surface area contributed by atoms with E-state index in [1.165, 1.54) is 5.56 Å². The maximum absolute atomic E-state index is 12.8. The van der Waals surface area contributed by atoms with E-state index in [0.29, 0.717) is 11.8 Å². The molecule has 3 heterocycles. The number of rotatable bonds is 2. The number of nitriles is 1. The third kappa shape index (κ3) is 2.86. The van der Waals surface area contributed by atoms with Crippen molar-refractivity contribution in [2.24, 2.45) is 7.05 Å². The Bertz CT molecular complexity index is 1370. The van der Waals surface area contributed by atoms with Crippen LogP contribution >= 0.6 is 0 Å². The number of hydrogen-bond donors (Lipinski definition) is 0. The summed E-state index contributed by atoms with van der Waals surface area (Å²) < 4.78 is 7.27. The lowest BCUT2D eigenvalue weighted by molar-refractivity contribution is 0.504. The third-order valence-electron chi connectivity index (χ3n) is 6.19. The van der Waals surface area contributed by atoms with Crippen molar-refractivity contribution in [1.82, 2.24) is 9.55 Å². The van der Waals surface area contributed by atoms with Gasteiger partial charge in [0, 0.05) is 32.4 Å². The predicted octanol–water partition coefficient (Wildman–Crippen LogP) is 4.24. The summed E-state index contributed by atoms with van der Waals surface area (Å²) in [5.41, 5.74) is 4.59. The number of nitrogens with zero attached hydrogens (tertiary/aromatic N) is 4. The van der Waals surface area contributed by atoms with Crippen molar-refractivity contribution >= 4 is 27.7 Å². The van der Waals surface area contributed by atoms with E-state index < -0.39 is 0 Å². The predicted molar refractivity (Wildman–Crippen MR) is 117 cm³/mol. The minimum atomic E-state index is -0.237. The van der Waals surface area contributed by atoms with Gasteiger partial charge in [0.2, 0.25) is 0 Å². The Morgan fingerprint density at radius 2 is 1.93 bits per heavy atom. The van der Waals surface area contributed by atoms with Crippen LogP contribution < -0.4 is 10.5 Å². The number of anilines is 1. The van der Waals surface area contributed by atoms with Crippen molar-refractivity contribution in [2.45, 2.75) is 25.7 Å². The lowest BCUT2D eigenvalue weighted by Gasteiger charge is -2.35. The highest BCUT2D eigenvalue weighted by Crippen LogP contribution is 2.35. The monoisotopic (exact) mass is 398 g/mol. The van der Waals surface area contributed by atoms with E-state index in [4.69, 9.17) is 4.42 Å². The van der Waals surface area contributed by atoms with Crippen LogP contribution in [0.15, 0.2) is 51.7 Å². The summed E-state index contributed by atoms with van der Waals surface area (Å²) in [7, 11) is 1.73. The summed E-state index contributed by atoms with van der Waals surface area (Å²) in [4.78, 5) is 19.4. The molecule has 0 radical (unpaired) electrons. The number of aromatic nitrogens is 2. The van der Waals surface area contributed by atoms with Gasteiger partial charge in [-0.05, 0) is 42.5 Å². The summed E-state index contributed by atoms with van der Waals surface area (Å²) in [5, 5.41) is 10.7. The van der Waals surface area contributed by atoms with Crippen LogP contribution in [0.2, 0.25) is 0 Å². The molecule has 1 aliphatic rings. The average Bonchev–Trinajstić information content (AvgIpc) is 3.15. The lowest BCUT2D eigenvalue weighted by atomic mass is 9.88. The Balaban J connectivity index is 1.48. The zero-order valence-electron chi connectivity index (χ0n) is 17.1. The highest BCUT2D eigenvalue weighted by molar-refractivity contribution is 5.95. The van der Waals surface area contributed by atoms with Crippen LogP contribution in [-0.2, 0) is 7.05 Å². The van der Waals surface area contributed by atoms with Crippen LogP contribution in [0.5, 0.6) is 0 Å². The molecule has 1 fully saturated rings. The first-order valence-electron chi connectivity index (χ1n) is 10.2. The normalized spacial score (nSPS) is 15.0. The molecule has 1 saturated heterocycles. The Morgan fingerprint density at radius 3 is 2.70 bits per heavy atom.